The molecule has 5 heteroatoms. The van der Waals surface area contributed by atoms with E-state index < -0.39 is 18.1 Å². The van der Waals surface area contributed by atoms with Crippen molar-refractivity contribution in [1.82, 2.24) is 0 Å². The van der Waals surface area contributed by atoms with Gasteiger partial charge >= 0.3 is 0 Å². The van der Waals surface area contributed by atoms with Crippen LogP contribution in [0.5, 0.6) is 0 Å². The van der Waals surface area contributed by atoms with Crippen LogP contribution < -0.4 is 5.73 Å². The molecule has 1 rings (SSSR count). The number of carbonyl (C=O) groups excluding carboxylic acids is 1. The minimum atomic E-state index is -1.23. The average Bonchev–Trinajstić information content (AvgIpc) is 2.28. The summed E-state index contributed by atoms with van der Waals surface area (Å²) < 4.78 is 0. The van der Waals surface area contributed by atoms with Gasteiger partial charge in [0.2, 0.25) is 5.91 Å². The van der Waals surface area contributed by atoms with Crippen molar-refractivity contribution in [2.45, 2.75) is 18.6 Å². The Bertz CT molecular complexity index is 367. The lowest BCUT2D eigenvalue weighted by molar-refractivity contribution is 0.00386. The summed E-state index contributed by atoms with van der Waals surface area (Å²) in [4.78, 5) is 11.1. The van der Waals surface area contributed by atoms with Gasteiger partial charge in [-0.25, -0.2) is 0 Å². The molecular formula is C11H15NO4. The zero-order chi connectivity index (χ0) is 12.1. The molecule has 1 aromatic carbocycles. The maximum atomic E-state index is 11.1. The first-order chi connectivity index (χ1) is 7.57. The molecule has 0 aromatic heterocycles. The lowest BCUT2D eigenvalue weighted by Gasteiger charge is -2.19. The van der Waals surface area contributed by atoms with Crippen LogP contribution in [0, 0.1) is 0 Å². The standard InChI is InChI=1S/C11H15NO4/c12-11(16)8-4-2-1-3-7(8)10(15)9(14)5-6-13/h1-4,9-10,13-15H,5-6H2,(H2,12,16). The van der Waals surface area contributed by atoms with Gasteiger partial charge in [0.25, 0.3) is 0 Å². The van der Waals surface area contributed by atoms with Crippen LogP contribution in [0.25, 0.3) is 0 Å². The number of hydrogen-bond donors (Lipinski definition) is 4. The highest BCUT2D eigenvalue weighted by molar-refractivity contribution is 5.94. The van der Waals surface area contributed by atoms with Crippen LogP contribution in [0.4, 0.5) is 0 Å². The molecule has 0 fully saturated rings. The third kappa shape index (κ3) is 2.79. The second kappa shape index (κ2) is 5.60. The number of aliphatic hydroxyl groups is 3. The van der Waals surface area contributed by atoms with Gasteiger partial charge in [-0.3, -0.25) is 4.79 Å². The van der Waals surface area contributed by atoms with Crippen molar-refractivity contribution in [3.05, 3.63) is 35.4 Å². The van der Waals surface area contributed by atoms with Crippen LogP contribution in [0.3, 0.4) is 0 Å². The minimum Gasteiger partial charge on any atom is -0.396 e. The number of primary amides is 1. The van der Waals surface area contributed by atoms with Crippen molar-refractivity contribution in [2.24, 2.45) is 5.73 Å². The predicted molar refractivity (Wildman–Crippen MR) is 57.6 cm³/mol. The van der Waals surface area contributed by atoms with Gasteiger partial charge in [-0.1, -0.05) is 18.2 Å². The Balaban J connectivity index is 2.98. The molecule has 0 heterocycles. The summed E-state index contributed by atoms with van der Waals surface area (Å²) in [6.07, 6.45) is -2.31. The molecule has 0 spiro atoms. The molecule has 0 aliphatic carbocycles. The summed E-state index contributed by atoms with van der Waals surface area (Å²) >= 11 is 0. The van der Waals surface area contributed by atoms with E-state index in [2.05, 4.69) is 0 Å². The molecule has 0 saturated heterocycles. The highest BCUT2D eigenvalue weighted by atomic mass is 16.3. The molecule has 0 aliphatic rings. The smallest absolute Gasteiger partial charge is 0.249 e. The number of aliphatic hydroxyl groups excluding tert-OH is 3. The second-order valence-electron chi connectivity index (χ2n) is 3.48. The first-order valence-corrected chi connectivity index (χ1v) is 4.93. The Morgan fingerprint density at radius 3 is 2.50 bits per heavy atom. The Morgan fingerprint density at radius 1 is 1.31 bits per heavy atom. The number of hydrogen-bond acceptors (Lipinski definition) is 4. The fraction of sp³-hybridized carbons (Fsp3) is 0.364. The Kier molecular flexibility index (Phi) is 4.42. The van der Waals surface area contributed by atoms with Gasteiger partial charge in [0.05, 0.1) is 6.10 Å². The summed E-state index contributed by atoms with van der Waals surface area (Å²) in [6, 6.07) is 6.25. The highest BCUT2D eigenvalue weighted by Gasteiger charge is 2.21. The van der Waals surface area contributed by atoms with Gasteiger partial charge < -0.3 is 21.1 Å². The first-order valence-electron chi connectivity index (χ1n) is 4.93. The van der Waals surface area contributed by atoms with Gasteiger partial charge in [-0.05, 0) is 18.1 Å². The monoisotopic (exact) mass is 225 g/mol. The molecule has 0 aliphatic heterocycles. The van der Waals surface area contributed by atoms with Crippen LogP contribution in [-0.2, 0) is 0 Å². The average molecular weight is 225 g/mol. The number of carbonyl (C=O) groups is 1. The first kappa shape index (κ1) is 12.6. The molecule has 2 atom stereocenters. The normalized spacial score (nSPS) is 14.4. The van der Waals surface area contributed by atoms with Crippen LogP contribution in [0.15, 0.2) is 24.3 Å². The van der Waals surface area contributed by atoms with Gasteiger partial charge in [0.1, 0.15) is 6.10 Å². The Labute approximate surface area is 93.1 Å². The summed E-state index contributed by atoms with van der Waals surface area (Å²) in [5.41, 5.74) is 5.59. The topological polar surface area (TPSA) is 104 Å². The molecule has 2 unspecified atom stereocenters. The van der Waals surface area contributed by atoms with Gasteiger partial charge in [0, 0.05) is 12.2 Å². The lowest BCUT2D eigenvalue weighted by Crippen LogP contribution is -2.23. The van der Waals surface area contributed by atoms with Crippen molar-refractivity contribution in [2.75, 3.05) is 6.61 Å². The lowest BCUT2D eigenvalue weighted by atomic mass is 9.97. The number of amides is 1. The Hall–Kier alpha value is -1.43. The molecule has 88 valence electrons. The van der Waals surface area contributed by atoms with E-state index in [1.807, 2.05) is 0 Å². The van der Waals surface area contributed by atoms with Gasteiger partial charge in [-0.2, -0.15) is 0 Å². The molecule has 5 N–H and O–H groups in total. The van der Waals surface area contributed by atoms with E-state index in [1.165, 1.54) is 12.1 Å². The molecular weight excluding hydrogens is 210 g/mol. The molecule has 0 bridgehead atoms. The molecule has 16 heavy (non-hydrogen) atoms. The molecule has 1 amide bonds. The largest absolute Gasteiger partial charge is 0.396 e. The zero-order valence-corrected chi connectivity index (χ0v) is 8.71. The van der Waals surface area contributed by atoms with Crippen molar-refractivity contribution in [3.8, 4) is 0 Å². The summed E-state index contributed by atoms with van der Waals surface area (Å²) in [7, 11) is 0. The molecule has 1 aromatic rings. The van der Waals surface area contributed by atoms with E-state index in [0.717, 1.165) is 0 Å². The van der Waals surface area contributed by atoms with E-state index in [9.17, 15) is 15.0 Å². The van der Waals surface area contributed by atoms with Crippen molar-refractivity contribution in [3.63, 3.8) is 0 Å². The SMILES string of the molecule is NC(=O)c1ccccc1C(O)C(O)CCO. The minimum absolute atomic E-state index is 0.0360. The van der Waals surface area contributed by atoms with Gasteiger partial charge in [-0.15, -0.1) is 0 Å². The molecule has 5 nitrogen and oxygen atoms in total. The van der Waals surface area contributed by atoms with Crippen LogP contribution >= 0.6 is 0 Å². The van der Waals surface area contributed by atoms with Crippen molar-refractivity contribution < 1.29 is 20.1 Å². The summed E-state index contributed by atoms with van der Waals surface area (Å²) in [5.74, 6) is -0.661. The predicted octanol–water partition coefficient (Wildman–Crippen LogP) is -0.438. The van der Waals surface area contributed by atoms with E-state index in [0.29, 0.717) is 0 Å². The third-order valence-electron chi connectivity index (χ3n) is 2.33. The van der Waals surface area contributed by atoms with Crippen LogP contribution in [-0.4, -0.2) is 33.9 Å². The highest BCUT2D eigenvalue weighted by Crippen LogP contribution is 2.22. The fourth-order valence-electron chi connectivity index (χ4n) is 1.48. The number of rotatable bonds is 5. The van der Waals surface area contributed by atoms with E-state index in [-0.39, 0.29) is 24.2 Å². The van der Waals surface area contributed by atoms with E-state index >= 15 is 0 Å². The number of nitrogens with two attached hydrogens (primary N) is 1. The third-order valence-corrected chi connectivity index (χ3v) is 2.33. The maximum absolute atomic E-state index is 11.1. The molecule has 0 saturated carbocycles. The van der Waals surface area contributed by atoms with Gasteiger partial charge in [0.15, 0.2) is 0 Å². The van der Waals surface area contributed by atoms with Crippen molar-refractivity contribution in [1.29, 1.82) is 0 Å². The van der Waals surface area contributed by atoms with Crippen LogP contribution in [0.1, 0.15) is 28.4 Å². The molecule has 0 radical (unpaired) electrons. The summed E-state index contributed by atoms with van der Waals surface area (Å²) in [5, 5.41) is 27.9. The summed E-state index contributed by atoms with van der Waals surface area (Å²) in [6.45, 7) is -0.239. The zero-order valence-electron chi connectivity index (χ0n) is 8.71. The second-order valence-corrected chi connectivity index (χ2v) is 3.48. The number of benzene rings is 1. The maximum Gasteiger partial charge on any atom is 0.249 e. The van der Waals surface area contributed by atoms with E-state index in [1.54, 1.807) is 12.1 Å². The fourth-order valence-corrected chi connectivity index (χ4v) is 1.48. The Morgan fingerprint density at radius 2 is 1.94 bits per heavy atom. The van der Waals surface area contributed by atoms with E-state index in [4.69, 9.17) is 10.8 Å². The van der Waals surface area contributed by atoms with Crippen molar-refractivity contribution >= 4 is 5.91 Å². The quantitative estimate of drug-likeness (QED) is 0.545. The van der Waals surface area contributed by atoms with Crippen LogP contribution in [0.2, 0.25) is 0 Å².